The maximum Gasteiger partial charge on any atom is 0.352 e. The summed E-state index contributed by atoms with van der Waals surface area (Å²) in [6, 6.07) is 18.0. The number of carbonyl (C=O) groups is 11. The maximum absolute atomic E-state index is 13.1. The van der Waals surface area contributed by atoms with Crippen LogP contribution < -0.4 is 59.7 Å². The van der Waals surface area contributed by atoms with Gasteiger partial charge in [-0.3, -0.25) is 47.9 Å². The van der Waals surface area contributed by atoms with Gasteiger partial charge in [0.2, 0.25) is 47.3 Å². The number of nitrogens with two attached hydrogens (primary N) is 3. The third kappa shape index (κ3) is 22.1. The number of aromatic nitrogens is 3. The van der Waals surface area contributed by atoms with E-state index in [-0.39, 0.29) is 66.3 Å². The first-order chi connectivity index (χ1) is 47.4. The van der Waals surface area contributed by atoms with Crippen LogP contribution in [0.1, 0.15) is 147 Å². The molecule has 6 heterocycles. The van der Waals surface area contributed by atoms with Crippen molar-refractivity contribution in [3.05, 3.63) is 105 Å². The first kappa shape index (κ1) is 74.0. The van der Waals surface area contributed by atoms with Crippen LogP contribution in [0.3, 0.4) is 0 Å². The van der Waals surface area contributed by atoms with Gasteiger partial charge in [-0.25, -0.2) is 4.79 Å². The molecule has 30 heteroatoms. The standard InChI is InChI=1S/C23H28ClN5O4.C23H26ClN5O3.C14H24N4O3.C9H6ClNO2/c24-15-5-6-16-14(9-15)11-19(27-16)23(33)29-18(8-12-3-4-12)22(32)28-17(20(25)30)10-13-2-1-7-26-21(13)31;24-16-5-6-18-15(9-16)11-20(28-18)23(32)29-19(8-13-3-4-13)22(31)27-17(12-25)10-14-2-1-7-26-21(14)30;15-10(6-8-3-4-8)14(21)18-11(12(16)19)7-9-2-1-5-17-13(9)20;10-6-1-2-7-5(3-6)4-8(11-7)9(12)13/h5-6,9,11-13,17-18,27H,1-4,7-8,10H2,(H2,25,30)(H,26,31)(H,28,32)(H,29,33);5-6,9,11,13-14,17,19,28H,1-4,7-8,10H2,(H,26,30)(H,27,31)(H,29,32);8-11H,1-7,15H2,(H2,16,19)(H,17,20)(H,18,21);1-4,11H,(H,12,13)/t13-,17-,18-;14-,17-,19-;9-,10-,11-;/m000./s1. The number of carboxylic acid groups (broad SMARTS) is 1. The van der Waals surface area contributed by atoms with E-state index < -0.39 is 77.7 Å². The number of hydrogen-bond acceptors (Lipinski definition) is 13. The van der Waals surface area contributed by atoms with Crippen LogP contribution in [0.4, 0.5) is 0 Å². The lowest BCUT2D eigenvalue weighted by Crippen LogP contribution is -2.54. The molecule has 3 aromatic carbocycles. The quantitative estimate of drug-likeness (QED) is 0.0324. The lowest BCUT2D eigenvalue weighted by Gasteiger charge is -2.27. The van der Waals surface area contributed by atoms with Crippen LogP contribution in [-0.2, 0) is 38.4 Å². The zero-order chi connectivity index (χ0) is 71.0. The number of fused-ring (bicyclic) bond motifs is 3. The van der Waals surface area contributed by atoms with E-state index in [0.717, 1.165) is 90.5 Å². The molecule has 3 aliphatic heterocycles. The first-order valence-electron chi connectivity index (χ1n) is 33.5. The Morgan fingerprint density at radius 2 is 0.818 bits per heavy atom. The third-order valence-electron chi connectivity index (χ3n) is 18.4. The Morgan fingerprint density at radius 1 is 0.465 bits per heavy atom. The molecule has 528 valence electrons. The van der Waals surface area contributed by atoms with Gasteiger partial charge in [0.25, 0.3) is 11.8 Å². The number of primary amides is 2. The smallest absolute Gasteiger partial charge is 0.352 e. The molecule has 3 saturated carbocycles. The summed E-state index contributed by atoms with van der Waals surface area (Å²) in [5, 5.41) is 44.3. The predicted octanol–water partition coefficient (Wildman–Crippen LogP) is 5.77. The van der Waals surface area contributed by atoms with E-state index >= 15 is 0 Å². The van der Waals surface area contributed by atoms with Crippen molar-refractivity contribution in [2.45, 2.75) is 152 Å². The summed E-state index contributed by atoms with van der Waals surface area (Å²) in [5.74, 6) is -4.32. The number of nitrogens with one attached hydrogen (secondary N) is 11. The third-order valence-corrected chi connectivity index (χ3v) is 19.1. The molecule has 6 fully saturated rings. The second-order valence-corrected chi connectivity index (χ2v) is 27.8. The molecule has 27 nitrogen and oxygen atoms in total. The molecule has 0 unspecified atom stereocenters. The molecule has 18 N–H and O–H groups in total. The van der Waals surface area contributed by atoms with Crippen LogP contribution in [0, 0.1) is 46.8 Å². The number of nitriles is 1. The number of halogens is 3. The van der Waals surface area contributed by atoms with Crippen molar-refractivity contribution in [3.8, 4) is 6.07 Å². The Hall–Kier alpha value is -9.23. The van der Waals surface area contributed by atoms with Crippen molar-refractivity contribution in [2.75, 3.05) is 19.6 Å². The number of hydrogen-bond donors (Lipinski definition) is 15. The Balaban J connectivity index is 0.000000162. The van der Waals surface area contributed by atoms with Gasteiger partial charge in [-0.05, 0) is 168 Å². The van der Waals surface area contributed by atoms with Crippen LogP contribution in [0.5, 0.6) is 0 Å². The molecule has 9 atom stereocenters. The molecule has 3 aliphatic carbocycles. The first-order valence-corrected chi connectivity index (χ1v) is 34.7. The van der Waals surface area contributed by atoms with Gasteiger partial charge in [0.1, 0.15) is 47.3 Å². The molecule has 3 saturated heterocycles. The van der Waals surface area contributed by atoms with Crippen LogP contribution in [0.2, 0.25) is 15.1 Å². The lowest BCUT2D eigenvalue weighted by atomic mass is 9.91. The Labute approximate surface area is 585 Å². The summed E-state index contributed by atoms with van der Waals surface area (Å²) < 4.78 is 0. The van der Waals surface area contributed by atoms with Crippen molar-refractivity contribution < 1.29 is 57.8 Å². The zero-order valence-corrected chi connectivity index (χ0v) is 56.7. The molecular formula is C69H84Cl3N15O12. The minimum Gasteiger partial charge on any atom is -0.477 e. The summed E-state index contributed by atoms with van der Waals surface area (Å²) in [6.45, 7) is 1.92. The summed E-state index contributed by atoms with van der Waals surface area (Å²) in [6.07, 6.45) is 13.1. The Kier molecular flexibility index (Phi) is 25.8. The predicted molar refractivity (Wildman–Crippen MR) is 370 cm³/mol. The molecule has 0 radical (unpaired) electrons. The lowest BCUT2D eigenvalue weighted by molar-refractivity contribution is -0.131. The fourth-order valence-corrected chi connectivity index (χ4v) is 12.8. The number of nitrogens with zero attached hydrogens (tertiary/aromatic N) is 1. The van der Waals surface area contributed by atoms with Crippen molar-refractivity contribution >= 4 is 133 Å². The number of H-pyrrole nitrogens is 3. The molecular weight excluding hydrogens is 1340 g/mol. The van der Waals surface area contributed by atoms with Crippen LogP contribution in [0.25, 0.3) is 32.7 Å². The van der Waals surface area contributed by atoms with E-state index in [4.69, 9.17) is 57.1 Å². The molecule has 99 heavy (non-hydrogen) atoms. The average molecular weight is 1420 g/mol. The summed E-state index contributed by atoms with van der Waals surface area (Å²) in [7, 11) is 0. The summed E-state index contributed by atoms with van der Waals surface area (Å²) in [5.41, 5.74) is 19.8. The highest BCUT2D eigenvalue weighted by Crippen LogP contribution is 2.36. The average Bonchev–Trinajstić information content (AvgIpc) is 1.68. The molecule has 3 aromatic heterocycles. The largest absolute Gasteiger partial charge is 0.477 e. The molecule has 6 aromatic rings. The number of aromatic carboxylic acids is 1. The number of carbonyl (C=O) groups excluding carboxylic acids is 10. The van der Waals surface area contributed by atoms with Crippen molar-refractivity contribution in [3.63, 3.8) is 0 Å². The minimum absolute atomic E-state index is 0.0764. The highest BCUT2D eigenvalue weighted by molar-refractivity contribution is 6.32. The number of aromatic amines is 3. The van der Waals surface area contributed by atoms with E-state index in [1.165, 1.54) is 0 Å². The van der Waals surface area contributed by atoms with Crippen LogP contribution >= 0.6 is 34.8 Å². The van der Waals surface area contributed by atoms with Crippen LogP contribution in [-0.4, -0.2) is 141 Å². The topological polar surface area (TPSA) is 453 Å². The number of piperidine rings is 3. The highest BCUT2D eigenvalue weighted by atomic mass is 35.5. The van der Waals surface area contributed by atoms with Gasteiger partial charge in [-0.1, -0.05) is 73.3 Å². The van der Waals surface area contributed by atoms with E-state index in [1.807, 2.05) is 0 Å². The molecule has 10 amide bonds. The molecule has 12 rings (SSSR count). The number of benzene rings is 3. The van der Waals surface area contributed by atoms with Gasteiger partial charge in [0.15, 0.2) is 0 Å². The van der Waals surface area contributed by atoms with Crippen molar-refractivity contribution in [1.82, 2.24) is 57.5 Å². The highest BCUT2D eigenvalue weighted by Gasteiger charge is 2.37. The van der Waals surface area contributed by atoms with Gasteiger partial charge in [-0.2, -0.15) is 5.26 Å². The number of amides is 10. The second-order valence-electron chi connectivity index (χ2n) is 26.5. The van der Waals surface area contributed by atoms with Crippen molar-refractivity contribution in [2.24, 2.45) is 52.7 Å². The van der Waals surface area contributed by atoms with Gasteiger partial charge in [0, 0.05) is 85.2 Å². The fourth-order valence-electron chi connectivity index (χ4n) is 12.3. The van der Waals surface area contributed by atoms with Gasteiger partial charge in [0.05, 0.1) is 12.1 Å². The molecule has 0 bridgehead atoms. The van der Waals surface area contributed by atoms with Crippen molar-refractivity contribution in [1.29, 1.82) is 5.26 Å². The van der Waals surface area contributed by atoms with Gasteiger partial charge >= 0.3 is 5.97 Å². The fraction of sp³-hybridized carbons (Fsp3) is 0.478. The Morgan fingerprint density at radius 3 is 1.18 bits per heavy atom. The SMILES string of the molecule is N#C[C@H](C[C@@H]1CCCNC1=O)NC(=O)[C@H](CC1CC1)NC(=O)c1cc2cc(Cl)ccc2[nH]1.NC(=O)[C@H](C[C@@H]1CCCNC1=O)NC(=O)[C@@H](N)CC1CC1.NC(=O)[C@H](C[C@@H]1CCCNC1=O)NC(=O)[C@H](CC1CC1)NC(=O)c1cc2cc(Cl)ccc2[nH]1.O=C(O)c1cc2cc(Cl)ccc2[nH]1. The second kappa shape index (κ2) is 34.5. The van der Waals surface area contributed by atoms with Crippen LogP contribution in [0.15, 0.2) is 72.8 Å². The summed E-state index contributed by atoms with van der Waals surface area (Å²) in [4.78, 5) is 143. The Bertz CT molecular complexity index is 4020. The zero-order valence-electron chi connectivity index (χ0n) is 54.5. The minimum atomic E-state index is -0.986. The van der Waals surface area contributed by atoms with E-state index in [9.17, 15) is 58.0 Å². The van der Waals surface area contributed by atoms with Gasteiger partial charge < -0.3 is 79.8 Å². The van der Waals surface area contributed by atoms with E-state index in [0.29, 0.717) is 102 Å². The normalized spacial score (nSPS) is 19.8. The number of rotatable bonds is 25. The molecule has 0 spiro atoms. The maximum atomic E-state index is 13.1. The van der Waals surface area contributed by atoms with E-state index in [1.54, 1.807) is 72.8 Å². The number of carboxylic acids is 1. The monoisotopic (exact) mass is 1420 g/mol. The molecule has 6 aliphatic rings. The van der Waals surface area contributed by atoms with Gasteiger partial charge in [-0.15, -0.1) is 0 Å². The van der Waals surface area contributed by atoms with E-state index in [2.05, 4.69) is 63.6 Å². The summed E-state index contributed by atoms with van der Waals surface area (Å²) >= 11 is 17.8.